The molecule has 2 N–H and O–H groups in total. The number of halogens is 1. The van der Waals surface area contributed by atoms with Gasteiger partial charge < -0.3 is 5.73 Å². The number of pyridine rings is 1. The van der Waals surface area contributed by atoms with E-state index in [0.29, 0.717) is 11.5 Å². The highest BCUT2D eigenvalue weighted by molar-refractivity contribution is 7.10. The van der Waals surface area contributed by atoms with E-state index in [2.05, 4.69) is 0 Å². The fraction of sp³-hybridized carbons (Fsp3) is 0.118. The number of fused-ring (bicyclic) bond motifs is 3. The lowest BCUT2D eigenvalue weighted by atomic mass is 10.1. The lowest BCUT2D eigenvalue weighted by molar-refractivity contribution is 0.630. The highest BCUT2D eigenvalue weighted by atomic mass is 32.1. The van der Waals surface area contributed by atoms with Crippen LogP contribution in [0, 0.1) is 19.7 Å². The molecule has 3 aromatic heterocycles. The summed E-state index contributed by atoms with van der Waals surface area (Å²) in [5.41, 5.74) is 9.83. The Morgan fingerprint density at radius 3 is 2.73 bits per heavy atom. The molecule has 0 radical (unpaired) electrons. The fourth-order valence-corrected chi connectivity index (χ4v) is 3.64. The molecule has 110 valence electrons. The molecule has 0 fully saturated rings. The lowest BCUT2D eigenvalue weighted by Gasteiger charge is -2.06. The zero-order valence-electron chi connectivity index (χ0n) is 12.2. The maximum absolute atomic E-state index is 13.6. The number of anilines is 1. The minimum atomic E-state index is -0.270. The predicted molar refractivity (Wildman–Crippen MR) is 89.9 cm³/mol. The van der Waals surface area contributed by atoms with E-state index in [-0.39, 0.29) is 5.82 Å². The Labute approximate surface area is 130 Å². The molecule has 0 saturated heterocycles. The van der Waals surface area contributed by atoms with Crippen molar-refractivity contribution in [2.45, 2.75) is 13.8 Å². The Bertz CT molecular complexity index is 1030. The average molecular weight is 311 g/mol. The second-order valence-corrected chi connectivity index (χ2v) is 6.53. The van der Waals surface area contributed by atoms with Crippen LogP contribution in [0.4, 0.5) is 10.2 Å². The Kier molecular flexibility index (Phi) is 2.74. The van der Waals surface area contributed by atoms with E-state index in [0.717, 1.165) is 27.7 Å². The third-order valence-corrected chi connectivity index (χ3v) is 4.85. The summed E-state index contributed by atoms with van der Waals surface area (Å²) in [6, 6.07) is 8.79. The molecule has 0 saturated carbocycles. The van der Waals surface area contributed by atoms with E-state index in [1.54, 1.807) is 17.4 Å². The topological polar surface area (TPSA) is 43.3 Å². The van der Waals surface area contributed by atoms with Crippen molar-refractivity contribution in [1.82, 2.24) is 9.38 Å². The summed E-state index contributed by atoms with van der Waals surface area (Å²) in [5.74, 6) is 0.327. The summed E-state index contributed by atoms with van der Waals surface area (Å²) in [5, 5.41) is 3.76. The van der Waals surface area contributed by atoms with E-state index < -0.39 is 0 Å². The van der Waals surface area contributed by atoms with Gasteiger partial charge >= 0.3 is 0 Å². The van der Waals surface area contributed by atoms with Gasteiger partial charge in [-0.25, -0.2) is 9.37 Å². The third kappa shape index (κ3) is 1.75. The number of hydrogen-bond donors (Lipinski definition) is 1. The molecule has 0 unspecified atom stereocenters. The Morgan fingerprint density at radius 2 is 2.00 bits per heavy atom. The van der Waals surface area contributed by atoms with Crippen molar-refractivity contribution < 1.29 is 4.39 Å². The second-order valence-electron chi connectivity index (χ2n) is 5.41. The smallest absolute Gasteiger partial charge is 0.147 e. The van der Waals surface area contributed by atoms with Crippen LogP contribution in [0.2, 0.25) is 0 Å². The van der Waals surface area contributed by atoms with E-state index >= 15 is 0 Å². The quantitative estimate of drug-likeness (QED) is 0.560. The lowest BCUT2D eigenvalue weighted by Crippen LogP contribution is -1.98. The number of benzene rings is 1. The van der Waals surface area contributed by atoms with E-state index in [9.17, 15) is 4.39 Å². The van der Waals surface area contributed by atoms with Gasteiger partial charge in [0.15, 0.2) is 0 Å². The third-order valence-electron chi connectivity index (χ3n) is 4.00. The molecule has 5 heteroatoms. The molecule has 3 heterocycles. The zero-order valence-corrected chi connectivity index (χ0v) is 13.0. The van der Waals surface area contributed by atoms with Crippen LogP contribution in [-0.2, 0) is 0 Å². The average Bonchev–Trinajstić information content (AvgIpc) is 3.04. The molecule has 0 aliphatic heterocycles. The molecule has 0 aliphatic rings. The number of hydrogen-bond acceptors (Lipinski definition) is 3. The maximum atomic E-state index is 13.6. The number of aromatic nitrogens is 2. The van der Waals surface area contributed by atoms with Gasteiger partial charge in [0.1, 0.15) is 23.0 Å². The SMILES string of the molecule is Cc1sccc1-c1nc2c3cc(F)ccc3cc(C)n2c1N. The fourth-order valence-electron chi connectivity index (χ4n) is 2.94. The highest BCUT2D eigenvalue weighted by Gasteiger charge is 2.17. The summed E-state index contributed by atoms with van der Waals surface area (Å²) in [6.07, 6.45) is 0. The number of rotatable bonds is 1. The van der Waals surface area contributed by atoms with Crippen molar-refractivity contribution in [1.29, 1.82) is 0 Å². The maximum Gasteiger partial charge on any atom is 0.147 e. The largest absolute Gasteiger partial charge is 0.383 e. The van der Waals surface area contributed by atoms with Gasteiger partial charge in [-0.2, -0.15) is 0 Å². The molecule has 4 rings (SSSR count). The molecule has 22 heavy (non-hydrogen) atoms. The van der Waals surface area contributed by atoms with Gasteiger partial charge in [-0.3, -0.25) is 4.40 Å². The van der Waals surface area contributed by atoms with Crippen LogP contribution >= 0.6 is 11.3 Å². The van der Waals surface area contributed by atoms with Gasteiger partial charge in [0, 0.05) is 21.5 Å². The molecular weight excluding hydrogens is 297 g/mol. The molecule has 0 aliphatic carbocycles. The molecule has 0 bridgehead atoms. The van der Waals surface area contributed by atoms with Crippen molar-refractivity contribution in [2.75, 3.05) is 5.73 Å². The Hall–Kier alpha value is -2.40. The Morgan fingerprint density at radius 1 is 1.18 bits per heavy atom. The number of aryl methyl sites for hydroxylation is 2. The normalized spacial score (nSPS) is 11.6. The summed E-state index contributed by atoms with van der Waals surface area (Å²) >= 11 is 1.66. The van der Waals surface area contributed by atoms with Crippen LogP contribution in [-0.4, -0.2) is 9.38 Å². The number of nitrogen functional groups attached to an aromatic ring is 1. The van der Waals surface area contributed by atoms with Gasteiger partial charge in [0.2, 0.25) is 0 Å². The van der Waals surface area contributed by atoms with E-state index in [1.165, 1.54) is 17.0 Å². The number of thiophene rings is 1. The second kappa shape index (κ2) is 4.55. The first-order valence-corrected chi connectivity index (χ1v) is 7.85. The van der Waals surface area contributed by atoms with Gasteiger partial charge in [0.25, 0.3) is 0 Å². The molecule has 1 aromatic carbocycles. The van der Waals surface area contributed by atoms with Crippen LogP contribution in [0.1, 0.15) is 10.6 Å². The molecule has 0 spiro atoms. The molecule has 3 nitrogen and oxygen atoms in total. The van der Waals surface area contributed by atoms with Gasteiger partial charge in [-0.05, 0) is 48.9 Å². The van der Waals surface area contributed by atoms with Crippen LogP contribution in [0.15, 0.2) is 35.7 Å². The van der Waals surface area contributed by atoms with E-state index in [1.807, 2.05) is 35.8 Å². The molecule has 0 atom stereocenters. The standard InChI is InChI=1S/C17H14FN3S/c1-9-7-11-3-4-12(18)8-14(11)17-20-15(16(19)21(9)17)13-5-6-22-10(13)2/h3-8H,19H2,1-2H3. The number of nitrogens with two attached hydrogens (primary N) is 1. The van der Waals surface area contributed by atoms with Crippen molar-refractivity contribution in [3.05, 3.63) is 52.1 Å². The van der Waals surface area contributed by atoms with Gasteiger partial charge in [-0.15, -0.1) is 11.3 Å². The van der Waals surface area contributed by atoms with Gasteiger partial charge in [0.05, 0.1) is 0 Å². The first-order chi connectivity index (χ1) is 10.6. The summed E-state index contributed by atoms with van der Waals surface area (Å²) in [4.78, 5) is 5.89. The first kappa shape index (κ1) is 13.3. The molecular formula is C17H14FN3S. The van der Waals surface area contributed by atoms with Crippen molar-refractivity contribution in [3.63, 3.8) is 0 Å². The van der Waals surface area contributed by atoms with Crippen LogP contribution in [0.25, 0.3) is 27.7 Å². The first-order valence-electron chi connectivity index (χ1n) is 6.97. The van der Waals surface area contributed by atoms with Crippen LogP contribution in [0.3, 0.4) is 0 Å². The van der Waals surface area contributed by atoms with Crippen molar-refractivity contribution in [3.8, 4) is 11.3 Å². The van der Waals surface area contributed by atoms with Gasteiger partial charge in [-0.1, -0.05) is 6.07 Å². The number of nitrogens with zero attached hydrogens (tertiary/aromatic N) is 2. The minimum absolute atomic E-state index is 0.270. The predicted octanol–water partition coefficient (Wildman–Crippen LogP) is 4.55. The highest BCUT2D eigenvalue weighted by Crippen LogP contribution is 2.34. The summed E-state index contributed by atoms with van der Waals surface area (Å²) in [7, 11) is 0. The van der Waals surface area contributed by atoms with Crippen molar-refractivity contribution in [2.24, 2.45) is 0 Å². The summed E-state index contributed by atoms with van der Waals surface area (Å²) in [6.45, 7) is 4.03. The van der Waals surface area contributed by atoms with Crippen LogP contribution < -0.4 is 5.73 Å². The molecule has 0 amide bonds. The zero-order chi connectivity index (χ0) is 15.4. The Balaban J connectivity index is 2.17. The minimum Gasteiger partial charge on any atom is -0.383 e. The summed E-state index contributed by atoms with van der Waals surface area (Å²) < 4.78 is 15.5. The van der Waals surface area contributed by atoms with Crippen LogP contribution in [0.5, 0.6) is 0 Å². The van der Waals surface area contributed by atoms with E-state index in [4.69, 9.17) is 10.7 Å². The monoisotopic (exact) mass is 311 g/mol. The number of imidazole rings is 1. The molecule has 4 aromatic rings. The van der Waals surface area contributed by atoms with Crippen molar-refractivity contribution >= 4 is 33.6 Å².